The Morgan fingerprint density at radius 1 is 1.00 bits per heavy atom. The molecule has 17 nitrogen and oxygen atoms in total. The lowest BCUT2D eigenvalue weighted by molar-refractivity contribution is -0.0520. The van der Waals surface area contributed by atoms with E-state index in [2.05, 4.69) is 15.0 Å². The molecule has 3 aromatic heterocycles. The monoisotopic (exact) mass is 967 g/mol. The van der Waals surface area contributed by atoms with E-state index in [-0.39, 0.29) is 53.0 Å². The molecule has 24 heteroatoms. The van der Waals surface area contributed by atoms with Crippen LogP contribution in [0, 0.1) is 11.7 Å². The number of hydrogen-bond acceptors (Lipinski definition) is 16. The fourth-order valence-electron chi connectivity index (χ4n) is 8.23. The smallest absolute Gasteiger partial charge is 0.335 e. The van der Waals surface area contributed by atoms with Crippen molar-refractivity contribution in [3.05, 3.63) is 47.3 Å². The molecule has 3 aromatic rings. The lowest BCUT2D eigenvalue weighted by Crippen LogP contribution is -2.62. The van der Waals surface area contributed by atoms with Crippen molar-refractivity contribution >= 4 is 65.2 Å². The first-order chi connectivity index (χ1) is 28.6. The largest absolute Gasteiger partial charge is 0.474 e. The average Bonchev–Trinajstić information content (AvgIpc) is 3.84. The molecular formula is C37H60FN5O12P2S2Si2. The van der Waals surface area contributed by atoms with E-state index in [1.165, 1.54) is 28.8 Å². The summed E-state index contributed by atoms with van der Waals surface area (Å²) in [6.45, 7) is 9.61. The number of fused-ring (bicyclic) bond motifs is 4. The van der Waals surface area contributed by atoms with E-state index in [9.17, 15) is 14.5 Å². The summed E-state index contributed by atoms with van der Waals surface area (Å²) in [5, 5.41) is -0.261. The van der Waals surface area contributed by atoms with Gasteiger partial charge in [0.05, 0.1) is 32.3 Å². The Bertz CT molecular complexity index is 2130. The molecule has 342 valence electrons. The molecule has 9 atom stereocenters. The molecule has 1 unspecified atom stereocenters. The molecule has 1 saturated carbocycles. The first-order valence-electron chi connectivity index (χ1n) is 20.8. The van der Waals surface area contributed by atoms with E-state index in [1.54, 1.807) is 12.3 Å². The Hall–Kier alpha value is -1.44. The summed E-state index contributed by atoms with van der Waals surface area (Å²) < 4.78 is 78.2. The quantitative estimate of drug-likeness (QED) is 0.124. The second kappa shape index (κ2) is 19.6. The van der Waals surface area contributed by atoms with E-state index in [4.69, 9.17) is 64.2 Å². The molecule has 3 aliphatic rings. The maximum atomic E-state index is 15.9. The van der Waals surface area contributed by atoms with Crippen LogP contribution in [0.1, 0.15) is 87.8 Å². The lowest BCUT2D eigenvalue weighted by Gasteiger charge is -2.47. The van der Waals surface area contributed by atoms with Crippen molar-refractivity contribution in [2.24, 2.45) is 13.0 Å². The van der Waals surface area contributed by atoms with E-state index in [0.717, 1.165) is 6.20 Å². The molecule has 2 N–H and O–H groups in total. The van der Waals surface area contributed by atoms with Gasteiger partial charge in [-0.1, -0.05) is 62.3 Å². The van der Waals surface area contributed by atoms with E-state index in [0.29, 0.717) is 25.1 Å². The molecule has 0 radical (unpaired) electrons. The van der Waals surface area contributed by atoms with Gasteiger partial charge in [-0.05, 0) is 58.6 Å². The van der Waals surface area contributed by atoms with Crippen LogP contribution < -0.4 is 10.3 Å². The molecule has 2 bridgehead atoms. The topological polar surface area (TPSA) is 189 Å². The standard InChI is InChI=1S/C37H60FN5O12P2S2Si2/c1-11-14-47-57(59)49-18-26-15-27(50-31-12-13-39-20-40-31)16-29(26)52-56(45,58)48-19-30-33(54-61(24(6)7,25(8)9)55-60(46,22(2)3)23(4)5)34(53-57)37(51-30)43-17-28(38)32-35(43)41-21-42(10)36(32)44/h12-13,17,20-27,29-30,33-34,37,46H,11,14-16,18-19H2,1-10H3,(H,45,58)/t26-,27-,29+,30-,33-,34-,37-,56?,57+/m1/s1. The Labute approximate surface area is 368 Å². The summed E-state index contributed by atoms with van der Waals surface area (Å²) in [7, 11) is -5.62. The van der Waals surface area contributed by atoms with Crippen LogP contribution in [0.25, 0.3) is 11.0 Å². The Balaban J connectivity index is 1.49. The predicted molar refractivity (Wildman–Crippen MR) is 237 cm³/mol. The van der Waals surface area contributed by atoms with Crippen molar-refractivity contribution in [2.75, 3.05) is 19.8 Å². The molecule has 1 aliphatic carbocycles. The van der Waals surface area contributed by atoms with Crippen molar-refractivity contribution in [2.45, 2.75) is 140 Å². The summed E-state index contributed by atoms with van der Waals surface area (Å²) in [6, 6.07) is 1.64. The molecule has 0 amide bonds. The van der Waals surface area contributed by atoms with Crippen LogP contribution in [0.5, 0.6) is 5.88 Å². The van der Waals surface area contributed by atoms with Gasteiger partial charge in [0.25, 0.3) is 5.56 Å². The number of nitrogens with zero attached hydrogens (tertiary/aromatic N) is 5. The lowest BCUT2D eigenvalue weighted by atomic mass is 10.1. The van der Waals surface area contributed by atoms with Gasteiger partial charge in [0.2, 0.25) is 5.88 Å². The minimum Gasteiger partial charge on any atom is -0.474 e. The summed E-state index contributed by atoms with van der Waals surface area (Å²) in [5.74, 6) is -0.872. The summed E-state index contributed by atoms with van der Waals surface area (Å²) in [5.41, 5.74) is -1.50. The SMILES string of the molecule is CCCO[P@]1(=S)OC[C@H]2C[C@@H](Oc3ccncn3)C[C@@H]2OP(O)(=S)OC[C@H]2O[C@@H](n3cc(F)c4c(=O)n(C)cnc43)[C@H](O1)[C@@H]2O[Si](O[Si](O)(C(C)C)C(C)C)(C(C)C)C(C)C. The third-order valence-corrected chi connectivity index (χ3v) is 25.3. The normalized spacial score (nSPS) is 30.5. The number of halogens is 1. The van der Waals surface area contributed by atoms with Gasteiger partial charge < -0.3 is 54.9 Å². The predicted octanol–water partition coefficient (Wildman–Crippen LogP) is 7.02. The van der Waals surface area contributed by atoms with Crippen LogP contribution >= 0.6 is 13.4 Å². The first-order valence-corrected chi connectivity index (χ1v) is 29.9. The van der Waals surface area contributed by atoms with E-state index in [1.807, 2.05) is 62.3 Å². The van der Waals surface area contributed by atoms with Crippen molar-refractivity contribution in [3.8, 4) is 5.88 Å². The van der Waals surface area contributed by atoms with E-state index < -0.39 is 84.6 Å². The number of aryl methyl sites for hydroxylation is 1. The van der Waals surface area contributed by atoms with Gasteiger partial charge in [-0.15, -0.1) is 0 Å². The maximum Gasteiger partial charge on any atom is 0.335 e. The first kappa shape index (κ1) is 49.0. The van der Waals surface area contributed by atoms with Gasteiger partial charge in [0.1, 0.15) is 36.1 Å². The van der Waals surface area contributed by atoms with Crippen molar-refractivity contribution in [1.82, 2.24) is 24.1 Å². The fraction of sp³-hybridized carbons (Fsp3) is 0.730. The van der Waals surface area contributed by atoms with Crippen molar-refractivity contribution in [1.29, 1.82) is 0 Å². The number of ether oxygens (including phenoxy) is 2. The third-order valence-electron chi connectivity index (χ3n) is 11.6. The zero-order chi connectivity index (χ0) is 44.7. The highest BCUT2D eigenvalue weighted by atomic mass is 32.5. The van der Waals surface area contributed by atoms with Gasteiger partial charge in [0.15, 0.2) is 17.7 Å². The van der Waals surface area contributed by atoms with Gasteiger partial charge >= 0.3 is 30.6 Å². The van der Waals surface area contributed by atoms with Crippen LogP contribution in [0.15, 0.2) is 35.9 Å². The Morgan fingerprint density at radius 2 is 1.70 bits per heavy atom. The highest BCUT2D eigenvalue weighted by Gasteiger charge is 2.60. The van der Waals surface area contributed by atoms with Gasteiger partial charge in [0, 0.05) is 37.8 Å². The van der Waals surface area contributed by atoms with Gasteiger partial charge in [-0.25, -0.2) is 19.3 Å². The minimum atomic E-state index is -4.03. The summed E-state index contributed by atoms with van der Waals surface area (Å²) in [4.78, 5) is 49.9. The maximum absolute atomic E-state index is 15.9. The molecule has 61 heavy (non-hydrogen) atoms. The molecular weight excluding hydrogens is 908 g/mol. The molecule has 5 heterocycles. The average molecular weight is 968 g/mol. The second-order valence-electron chi connectivity index (χ2n) is 17.2. The highest BCUT2D eigenvalue weighted by Crippen LogP contribution is 2.58. The molecule has 6 rings (SSSR count). The molecule has 0 aromatic carbocycles. The second-order valence-corrected chi connectivity index (χ2v) is 31.5. The van der Waals surface area contributed by atoms with Crippen molar-refractivity contribution < 1.29 is 54.7 Å². The van der Waals surface area contributed by atoms with Crippen molar-refractivity contribution in [3.63, 3.8) is 0 Å². The number of aromatic nitrogens is 5. The zero-order valence-corrected chi connectivity index (χ0v) is 41.7. The zero-order valence-electron chi connectivity index (χ0n) is 36.3. The molecule has 2 aliphatic heterocycles. The van der Waals surface area contributed by atoms with Crippen LogP contribution in [0.2, 0.25) is 22.2 Å². The van der Waals surface area contributed by atoms with Crippen LogP contribution in [-0.2, 0) is 66.6 Å². The number of hydrogen-bond donors (Lipinski definition) is 2. The van der Waals surface area contributed by atoms with Crippen LogP contribution in [0.4, 0.5) is 4.39 Å². The number of rotatable bonds is 14. The molecule has 2 saturated heterocycles. The van der Waals surface area contributed by atoms with Gasteiger partial charge in [-0.2, -0.15) is 0 Å². The fourth-order valence-corrected chi connectivity index (χ4v) is 21.9. The summed E-state index contributed by atoms with van der Waals surface area (Å²) in [6.07, 6.45) is 0.841. The Morgan fingerprint density at radius 3 is 2.33 bits per heavy atom. The third kappa shape index (κ3) is 10.5. The van der Waals surface area contributed by atoms with Gasteiger partial charge in [-0.3, -0.25) is 9.32 Å². The molecule has 0 spiro atoms. The Kier molecular flexibility index (Phi) is 15.7. The highest BCUT2D eigenvalue weighted by molar-refractivity contribution is 8.07. The summed E-state index contributed by atoms with van der Waals surface area (Å²) >= 11 is 11.9. The molecule has 3 fully saturated rings. The van der Waals surface area contributed by atoms with Crippen LogP contribution in [0.3, 0.4) is 0 Å². The minimum absolute atomic E-state index is 0.0164. The van der Waals surface area contributed by atoms with Crippen LogP contribution in [-0.4, -0.2) is 101 Å². The van der Waals surface area contributed by atoms with E-state index >= 15 is 4.39 Å².